The zero-order valence-electron chi connectivity index (χ0n) is 15.8. The summed E-state index contributed by atoms with van der Waals surface area (Å²) in [5.41, 5.74) is 3.90. The van der Waals surface area contributed by atoms with Crippen molar-refractivity contribution in [2.24, 2.45) is 0 Å². The molecule has 0 saturated heterocycles. The third kappa shape index (κ3) is 3.96. The quantitative estimate of drug-likeness (QED) is 0.745. The van der Waals surface area contributed by atoms with Gasteiger partial charge in [0.25, 0.3) is 5.91 Å². The Balaban J connectivity index is 1.78. The van der Waals surface area contributed by atoms with Crippen LogP contribution in [0.25, 0.3) is 6.08 Å². The molecule has 0 fully saturated rings. The number of rotatable bonds is 5. The van der Waals surface area contributed by atoms with E-state index in [1.54, 1.807) is 29.2 Å². The number of hydrogen-bond acceptors (Lipinski definition) is 3. The Hall–Kier alpha value is -2.44. The Kier molecular flexibility index (Phi) is 5.48. The average Bonchev–Trinajstić information content (AvgIpc) is 3.09. The van der Waals surface area contributed by atoms with Crippen LogP contribution in [0.2, 0.25) is 0 Å². The Labute approximate surface area is 161 Å². The second kappa shape index (κ2) is 7.66. The van der Waals surface area contributed by atoms with Crippen LogP contribution < -0.4 is 4.90 Å². The van der Waals surface area contributed by atoms with Crippen LogP contribution in [0.15, 0.2) is 53.4 Å². The lowest BCUT2D eigenvalue weighted by molar-refractivity contribution is -0.114. The minimum atomic E-state index is -3.47. The number of fused-ring (bicyclic) bond motifs is 1. The summed E-state index contributed by atoms with van der Waals surface area (Å²) in [6, 6.07) is 13.1. The average molecular weight is 385 g/mol. The molecule has 1 aliphatic heterocycles. The number of aryl methyl sites for hydroxylation is 1. The van der Waals surface area contributed by atoms with E-state index in [0.717, 1.165) is 23.2 Å². The molecule has 0 unspecified atom stereocenters. The lowest BCUT2D eigenvalue weighted by Crippen LogP contribution is -2.27. The van der Waals surface area contributed by atoms with Crippen LogP contribution in [0.3, 0.4) is 0 Å². The van der Waals surface area contributed by atoms with E-state index in [1.807, 2.05) is 18.2 Å². The first-order valence-electron chi connectivity index (χ1n) is 8.97. The van der Waals surface area contributed by atoms with Gasteiger partial charge in [-0.3, -0.25) is 4.79 Å². The molecule has 0 bridgehead atoms. The minimum Gasteiger partial charge on any atom is -0.308 e. The zero-order valence-corrected chi connectivity index (χ0v) is 16.7. The first-order valence-corrected chi connectivity index (χ1v) is 10.4. The van der Waals surface area contributed by atoms with E-state index in [1.165, 1.54) is 24.0 Å². The minimum absolute atomic E-state index is 0.100. The van der Waals surface area contributed by atoms with E-state index in [-0.39, 0.29) is 10.8 Å². The maximum atomic E-state index is 12.6. The highest BCUT2D eigenvalue weighted by Crippen LogP contribution is 2.31. The van der Waals surface area contributed by atoms with Crippen molar-refractivity contribution in [1.29, 1.82) is 0 Å². The lowest BCUT2D eigenvalue weighted by atomic mass is 10.1. The normalized spacial score (nSPS) is 14.1. The summed E-state index contributed by atoms with van der Waals surface area (Å²) in [5.74, 6) is -0.100. The summed E-state index contributed by atoms with van der Waals surface area (Å²) in [6.45, 7) is 2.66. The summed E-state index contributed by atoms with van der Waals surface area (Å²) in [4.78, 5) is 14.6. The standard InChI is InChI=1S/C21H24N2O3S/c1-4-16-5-7-17(8-6-16)9-12-21(24)23-14-13-18-15-19(10-11-20(18)23)27(25,26)22(2)3/h5-12,15H,4,13-14H2,1-3H3. The Morgan fingerprint density at radius 2 is 1.85 bits per heavy atom. The van der Waals surface area contributed by atoms with Crippen molar-refractivity contribution in [3.8, 4) is 0 Å². The molecule has 0 aromatic heterocycles. The van der Waals surface area contributed by atoms with Crippen LogP contribution in [-0.4, -0.2) is 39.3 Å². The van der Waals surface area contributed by atoms with Crippen molar-refractivity contribution >= 4 is 27.7 Å². The van der Waals surface area contributed by atoms with Crippen LogP contribution in [0.5, 0.6) is 0 Å². The molecule has 0 spiro atoms. The molecule has 1 heterocycles. The molecule has 0 N–H and O–H groups in total. The SMILES string of the molecule is CCc1ccc(C=CC(=O)N2CCc3cc(S(=O)(=O)N(C)C)ccc32)cc1. The highest BCUT2D eigenvalue weighted by molar-refractivity contribution is 7.89. The molecule has 0 aliphatic carbocycles. The molecule has 0 saturated carbocycles. The van der Waals surface area contributed by atoms with Crippen molar-refractivity contribution < 1.29 is 13.2 Å². The summed E-state index contributed by atoms with van der Waals surface area (Å²) < 4.78 is 25.8. The van der Waals surface area contributed by atoms with Crippen molar-refractivity contribution in [3.63, 3.8) is 0 Å². The highest BCUT2D eigenvalue weighted by Gasteiger charge is 2.26. The lowest BCUT2D eigenvalue weighted by Gasteiger charge is -2.16. The fourth-order valence-corrected chi connectivity index (χ4v) is 4.05. The molecule has 3 rings (SSSR count). The maximum absolute atomic E-state index is 12.6. The summed E-state index contributed by atoms with van der Waals surface area (Å²) in [6.07, 6.45) is 5.01. The molecule has 0 atom stereocenters. The number of benzene rings is 2. The van der Waals surface area contributed by atoms with Gasteiger partial charge in [-0.05, 0) is 53.8 Å². The van der Waals surface area contributed by atoms with Gasteiger partial charge in [0.15, 0.2) is 0 Å². The molecule has 1 amide bonds. The van der Waals surface area contributed by atoms with Crippen molar-refractivity contribution in [1.82, 2.24) is 4.31 Å². The van der Waals surface area contributed by atoms with Gasteiger partial charge in [0.2, 0.25) is 10.0 Å². The van der Waals surface area contributed by atoms with Crippen LogP contribution in [0.4, 0.5) is 5.69 Å². The fourth-order valence-electron chi connectivity index (χ4n) is 3.10. The van der Waals surface area contributed by atoms with Gasteiger partial charge in [-0.25, -0.2) is 12.7 Å². The van der Waals surface area contributed by atoms with E-state index < -0.39 is 10.0 Å². The van der Waals surface area contributed by atoms with E-state index in [2.05, 4.69) is 19.1 Å². The van der Waals surface area contributed by atoms with Gasteiger partial charge in [-0.15, -0.1) is 0 Å². The zero-order chi connectivity index (χ0) is 19.6. The van der Waals surface area contributed by atoms with E-state index >= 15 is 0 Å². The van der Waals surface area contributed by atoms with E-state index in [0.29, 0.717) is 13.0 Å². The van der Waals surface area contributed by atoms with Crippen molar-refractivity contribution in [2.45, 2.75) is 24.7 Å². The van der Waals surface area contributed by atoms with Gasteiger partial charge in [0.05, 0.1) is 4.90 Å². The highest BCUT2D eigenvalue weighted by atomic mass is 32.2. The first kappa shape index (κ1) is 19.3. The molecule has 2 aromatic carbocycles. The molecule has 27 heavy (non-hydrogen) atoms. The second-order valence-corrected chi connectivity index (χ2v) is 8.90. The summed E-state index contributed by atoms with van der Waals surface area (Å²) in [5, 5.41) is 0. The molecule has 6 heteroatoms. The predicted molar refractivity (Wildman–Crippen MR) is 108 cm³/mol. The smallest absolute Gasteiger partial charge is 0.251 e. The number of sulfonamides is 1. The van der Waals surface area contributed by atoms with E-state index in [4.69, 9.17) is 0 Å². The van der Waals surface area contributed by atoms with Crippen LogP contribution in [0.1, 0.15) is 23.6 Å². The molecule has 2 aromatic rings. The topological polar surface area (TPSA) is 57.7 Å². The van der Waals surface area contributed by atoms with Gasteiger partial charge in [0, 0.05) is 32.4 Å². The summed E-state index contributed by atoms with van der Waals surface area (Å²) in [7, 11) is -0.452. The van der Waals surface area contributed by atoms with Gasteiger partial charge in [0.1, 0.15) is 0 Å². The molecule has 1 aliphatic rings. The Morgan fingerprint density at radius 1 is 1.15 bits per heavy atom. The van der Waals surface area contributed by atoms with Crippen LogP contribution >= 0.6 is 0 Å². The maximum Gasteiger partial charge on any atom is 0.251 e. The van der Waals surface area contributed by atoms with Crippen molar-refractivity contribution in [3.05, 3.63) is 65.2 Å². The van der Waals surface area contributed by atoms with Gasteiger partial charge in [-0.2, -0.15) is 0 Å². The molecule has 5 nitrogen and oxygen atoms in total. The largest absolute Gasteiger partial charge is 0.308 e. The molecular formula is C21H24N2O3S. The van der Waals surface area contributed by atoms with E-state index in [9.17, 15) is 13.2 Å². The number of anilines is 1. The van der Waals surface area contributed by atoms with Gasteiger partial charge < -0.3 is 4.90 Å². The second-order valence-electron chi connectivity index (χ2n) is 6.75. The number of hydrogen-bond donors (Lipinski definition) is 0. The van der Waals surface area contributed by atoms with Crippen molar-refractivity contribution in [2.75, 3.05) is 25.5 Å². The molecule has 142 valence electrons. The third-order valence-corrected chi connectivity index (χ3v) is 6.61. The molecule has 0 radical (unpaired) electrons. The Bertz CT molecular complexity index is 977. The number of nitrogens with zero attached hydrogens (tertiary/aromatic N) is 2. The fraction of sp³-hybridized carbons (Fsp3) is 0.286. The summed E-state index contributed by atoms with van der Waals surface area (Å²) >= 11 is 0. The predicted octanol–water partition coefficient (Wildman–Crippen LogP) is 3.10. The number of amides is 1. The first-order chi connectivity index (χ1) is 12.8. The van der Waals surface area contributed by atoms with Crippen LogP contribution in [0, 0.1) is 0 Å². The monoisotopic (exact) mass is 384 g/mol. The number of carbonyl (C=O) groups excluding carboxylic acids is 1. The molecular weight excluding hydrogens is 360 g/mol. The van der Waals surface area contributed by atoms with Gasteiger partial charge in [-0.1, -0.05) is 31.2 Å². The third-order valence-electron chi connectivity index (χ3n) is 4.80. The van der Waals surface area contributed by atoms with Gasteiger partial charge >= 0.3 is 0 Å². The Morgan fingerprint density at radius 3 is 2.48 bits per heavy atom. The van der Waals surface area contributed by atoms with Crippen LogP contribution in [-0.2, 0) is 27.7 Å². The number of carbonyl (C=O) groups is 1.